The Morgan fingerprint density at radius 1 is 1.15 bits per heavy atom. The van der Waals surface area contributed by atoms with Gasteiger partial charge in [-0.1, -0.05) is 0 Å². The van der Waals surface area contributed by atoms with Gasteiger partial charge in [-0.3, -0.25) is 4.79 Å². The fourth-order valence-electron chi connectivity index (χ4n) is 5.38. The molecule has 0 unspecified atom stereocenters. The Kier molecular flexibility index (Phi) is 4.53. The van der Waals surface area contributed by atoms with E-state index in [0.29, 0.717) is 23.3 Å². The van der Waals surface area contributed by atoms with Gasteiger partial charge in [0.2, 0.25) is 17.7 Å². The maximum Gasteiger partial charge on any atom is 0.244 e. The van der Waals surface area contributed by atoms with Crippen molar-refractivity contribution in [1.29, 1.82) is 0 Å². The minimum atomic E-state index is 0.186. The van der Waals surface area contributed by atoms with Gasteiger partial charge in [0.1, 0.15) is 5.52 Å². The first kappa shape index (κ1) is 20.0. The number of amides is 1. The van der Waals surface area contributed by atoms with E-state index >= 15 is 0 Å². The molecule has 1 aliphatic carbocycles. The van der Waals surface area contributed by atoms with Crippen molar-refractivity contribution in [3.8, 4) is 17.0 Å². The second kappa shape index (κ2) is 7.47. The van der Waals surface area contributed by atoms with Crippen LogP contribution in [0.15, 0.2) is 42.9 Å². The van der Waals surface area contributed by atoms with Gasteiger partial charge in [-0.25, -0.2) is 9.03 Å². The molecule has 2 fully saturated rings. The van der Waals surface area contributed by atoms with Gasteiger partial charge in [0.25, 0.3) is 0 Å². The van der Waals surface area contributed by atoms with Crippen LogP contribution < -0.4 is 10.1 Å². The summed E-state index contributed by atoms with van der Waals surface area (Å²) in [6, 6.07) is 8.47. The smallest absolute Gasteiger partial charge is 0.244 e. The summed E-state index contributed by atoms with van der Waals surface area (Å²) in [5, 5.41) is 12.5. The molecule has 4 aromatic rings. The monoisotopic (exact) mass is 445 g/mol. The highest BCUT2D eigenvalue weighted by atomic mass is 16.5. The number of aromatic nitrogens is 5. The molecule has 1 aliphatic heterocycles. The van der Waals surface area contributed by atoms with Crippen molar-refractivity contribution in [2.24, 2.45) is 5.41 Å². The highest BCUT2D eigenvalue weighted by Crippen LogP contribution is 2.44. The average Bonchev–Trinajstić information content (AvgIpc) is 3.44. The van der Waals surface area contributed by atoms with Crippen LogP contribution in [0.2, 0.25) is 0 Å². The van der Waals surface area contributed by atoms with E-state index in [1.807, 2.05) is 44.5 Å². The van der Waals surface area contributed by atoms with E-state index in [2.05, 4.69) is 16.5 Å². The predicted molar refractivity (Wildman–Crippen MR) is 124 cm³/mol. The predicted octanol–water partition coefficient (Wildman–Crippen LogP) is 3.26. The van der Waals surface area contributed by atoms with E-state index in [0.717, 1.165) is 60.9 Å². The zero-order valence-corrected chi connectivity index (χ0v) is 18.9. The first-order valence-electron chi connectivity index (χ1n) is 11.4. The van der Waals surface area contributed by atoms with Crippen LogP contribution in [-0.4, -0.2) is 61.3 Å². The third-order valence-electron chi connectivity index (χ3n) is 7.26. The third kappa shape index (κ3) is 3.39. The molecular weight excluding hydrogens is 418 g/mol. The van der Waals surface area contributed by atoms with Gasteiger partial charge in [0, 0.05) is 55.6 Å². The van der Waals surface area contributed by atoms with Gasteiger partial charge in [0.15, 0.2) is 0 Å². The summed E-state index contributed by atoms with van der Waals surface area (Å²) in [4.78, 5) is 18.2. The summed E-state index contributed by atoms with van der Waals surface area (Å²) in [5.41, 5.74) is 4.26. The van der Waals surface area contributed by atoms with Gasteiger partial charge in [-0.2, -0.15) is 10.1 Å². The average molecular weight is 446 g/mol. The molecule has 5 heterocycles. The second-order valence-electron chi connectivity index (χ2n) is 9.38. The van der Waals surface area contributed by atoms with Gasteiger partial charge in [-0.05, 0) is 55.5 Å². The lowest BCUT2D eigenvalue weighted by Gasteiger charge is -2.53. The fraction of sp³-hybridized carbons (Fsp3) is 0.417. The molecule has 170 valence electrons. The van der Waals surface area contributed by atoms with Crippen molar-refractivity contribution in [3.63, 3.8) is 0 Å². The molecule has 1 amide bonds. The number of fused-ring (bicyclic) bond motifs is 2. The Morgan fingerprint density at radius 3 is 2.70 bits per heavy atom. The van der Waals surface area contributed by atoms with Gasteiger partial charge in [-0.15, -0.1) is 5.10 Å². The highest BCUT2D eigenvalue weighted by Gasteiger charge is 2.46. The first-order chi connectivity index (χ1) is 16.0. The third-order valence-corrected chi connectivity index (χ3v) is 7.26. The number of hydrogen-bond donors (Lipinski definition) is 1. The highest BCUT2D eigenvalue weighted by molar-refractivity contribution is 5.85. The van der Waals surface area contributed by atoms with Crippen LogP contribution in [0, 0.1) is 5.41 Å². The Balaban J connectivity index is 1.22. The fourth-order valence-corrected chi connectivity index (χ4v) is 5.38. The zero-order chi connectivity index (χ0) is 22.6. The van der Waals surface area contributed by atoms with Gasteiger partial charge < -0.3 is 15.0 Å². The summed E-state index contributed by atoms with van der Waals surface area (Å²) in [6.45, 7) is 3.47. The molecule has 0 aromatic carbocycles. The van der Waals surface area contributed by atoms with Crippen molar-refractivity contribution in [2.45, 2.75) is 38.6 Å². The topological polar surface area (TPSA) is 89.1 Å². The summed E-state index contributed by atoms with van der Waals surface area (Å²) in [6.07, 6.45) is 10.0. The zero-order valence-electron chi connectivity index (χ0n) is 18.9. The molecule has 9 nitrogen and oxygen atoms in total. The summed E-state index contributed by atoms with van der Waals surface area (Å²) >= 11 is 0. The lowest BCUT2D eigenvalue weighted by molar-refractivity contribution is -0.143. The number of likely N-dealkylation sites (tertiary alicyclic amines) is 1. The van der Waals surface area contributed by atoms with Crippen molar-refractivity contribution >= 4 is 22.9 Å². The quantitative estimate of drug-likeness (QED) is 0.519. The molecule has 0 radical (unpaired) electrons. The Morgan fingerprint density at radius 2 is 1.94 bits per heavy atom. The minimum absolute atomic E-state index is 0.186. The van der Waals surface area contributed by atoms with E-state index in [1.54, 1.807) is 20.2 Å². The number of anilines is 1. The van der Waals surface area contributed by atoms with E-state index < -0.39 is 0 Å². The van der Waals surface area contributed by atoms with Crippen molar-refractivity contribution < 1.29 is 9.53 Å². The molecule has 1 saturated heterocycles. The first-order valence-corrected chi connectivity index (χ1v) is 11.4. The van der Waals surface area contributed by atoms with Crippen molar-refractivity contribution in [3.05, 3.63) is 42.9 Å². The largest absolute Gasteiger partial charge is 0.479 e. The molecule has 1 N–H and O–H groups in total. The molecule has 1 saturated carbocycles. The number of methoxy groups -OCH3 is 1. The molecule has 33 heavy (non-hydrogen) atoms. The van der Waals surface area contributed by atoms with E-state index in [4.69, 9.17) is 14.8 Å². The lowest BCUT2D eigenvalue weighted by Crippen LogP contribution is -2.59. The van der Waals surface area contributed by atoms with Crippen LogP contribution in [0.25, 0.3) is 22.2 Å². The molecular formula is C24H27N7O2. The Hall–Kier alpha value is -3.62. The van der Waals surface area contributed by atoms with Crippen molar-refractivity contribution in [2.75, 3.05) is 25.5 Å². The molecule has 6 rings (SSSR count). The molecule has 1 spiro atoms. The van der Waals surface area contributed by atoms with Crippen molar-refractivity contribution in [1.82, 2.24) is 29.1 Å². The van der Waals surface area contributed by atoms with Crippen LogP contribution in [0.3, 0.4) is 0 Å². The standard InChI is InChI=1S/C24H27N7O2/c1-16(32)29-14-24(15-29)8-3-18(4-9-24)26-23-27-22(33-2)21-20(7-12-31(21)28-23)17-6-11-30-19(13-17)5-10-25-30/h5-7,10-13,18H,3-4,8-9,14-15H2,1-2H3,(H,26,28). The maximum atomic E-state index is 11.5. The SMILES string of the molecule is COc1nc(NC2CCC3(CC2)CN(C(C)=O)C3)nn2ccc(-c3ccn4nccc4c3)c12. The van der Waals surface area contributed by atoms with Crippen LogP contribution in [-0.2, 0) is 4.79 Å². The van der Waals surface area contributed by atoms with Crippen LogP contribution >= 0.6 is 0 Å². The van der Waals surface area contributed by atoms with E-state index in [-0.39, 0.29) is 5.91 Å². The number of carbonyl (C=O) groups excluding carboxylic acids is 1. The Bertz CT molecular complexity index is 1340. The summed E-state index contributed by atoms with van der Waals surface area (Å²) in [5.74, 6) is 1.31. The van der Waals surface area contributed by atoms with Crippen LogP contribution in [0.1, 0.15) is 32.6 Å². The number of ether oxygens (including phenoxy) is 1. The number of pyridine rings is 1. The van der Waals surface area contributed by atoms with Gasteiger partial charge >= 0.3 is 0 Å². The van der Waals surface area contributed by atoms with Gasteiger partial charge in [0.05, 0.1) is 12.6 Å². The summed E-state index contributed by atoms with van der Waals surface area (Å²) < 4.78 is 9.36. The molecule has 0 atom stereocenters. The van der Waals surface area contributed by atoms with E-state index in [1.165, 1.54) is 0 Å². The second-order valence-corrected chi connectivity index (χ2v) is 9.38. The number of rotatable bonds is 4. The molecule has 9 heteroatoms. The number of carbonyl (C=O) groups is 1. The van der Waals surface area contributed by atoms with Crippen LogP contribution in [0.5, 0.6) is 5.88 Å². The normalized spacial score (nSPS) is 18.1. The molecule has 0 bridgehead atoms. The van der Waals surface area contributed by atoms with Crippen LogP contribution in [0.4, 0.5) is 5.95 Å². The maximum absolute atomic E-state index is 11.5. The number of nitrogens with one attached hydrogen (secondary N) is 1. The number of nitrogens with zero attached hydrogens (tertiary/aromatic N) is 6. The number of hydrogen-bond acceptors (Lipinski definition) is 6. The minimum Gasteiger partial charge on any atom is -0.479 e. The molecule has 4 aromatic heterocycles. The lowest BCUT2D eigenvalue weighted by atomic mass is 9.67. The molecule has 2 aliphatic rings. The Labute approximate surface area is 191 Å². The summed E-state index contributed by atoms with van der Waals surface area (Å²) in [7, 11) is 1.64. The van der Waals surface area contributed by atoms with E-state index in [9.17, 15) is 4.79 Å².